The Kier molecular flexibility index (Phi) is 6.21. The highest BCUT2D eigenvalue weighted by molar-refractivity contribution is 5.03. The van der Waals surface area contributed by atoms with E-state index in [4.69, 9.17) is 4.74 Å². The molecule has 1 rings (SSSR count). The van der Waals surface area contributed by atoms with Gasteiger partial charge in [0.2, 0.25) is 0 Å². The molecule has 17 heavy (non-hydrogen) atoms. The lowest BCUT2D eigenvalue weighted by Crippen LogP contribution is -2.53. The van der Waals surface area contributed by atoms with E-state index < -0.39 is 0 Å². The third-order valence-electron chi connectivity index (χ3n) is 3.93. The van der Waals surface area contributed by atoms with Crippen molar-refractivity contribution in [3.05, 3.63) is 12.2 Å². The largest absolute Gasteiger partial charge is 0.377 e. The molecule has 0 amide bonds. The maximum Gasteiger partial charge on any atom is 0.0834 e. The minimum absolute atomic E-state index is 0.0480. The molecule has 1 atom stereocenters. The topological polar surface area (TPSA) is 21.3 Å². The van der Waals surface area contributed by atoms with Gasteiger partial charge in [-0.25, -0.2) is 0 Å². The first-order valence-electron chi connectivity index (χ1n) is 7.07. The maximum absolute atomic E-state index is 5.94. The summed E-state index contributed by atoms with van der Waals surface area (Å²) in [6.07, 6.45) is 8.55. The zero-order valence-electron chi connectivity index (χ0n) is 11.8. The summed E-state index contributed by atoms with van der Waals surface area (Å²) in [7, 11) is 1.88. The van der Waals surface area contributed by atoms with Crippen molar-refractivity contribution in [3.8, 4) is 0 Å². The van der Waals surface area contributed by atoms with Gasteiger partial charge in [-0.1, -0.05) is 31.8 Å². The average Bonchev–Trinajstić information content (AvgIpc) is 2.35. The molecular formula is C15H29NO. The second-order valence-electron chi connectivity index (χ2n) is 5.50. The molecule has 0 aromatic heterocycles. The molecule has 1 fully saturated rings. The molecule has 1 N–H and O–H groups in total. The lowest BCUT2D eigenvalue weighted by Gasteiger charge is -2.43. The van der Waals surface area contributed by atoms with E-state index in [2.05, 4.69) is 25.7 Å². The Morgan fingerprint density at radius 3 is 2.47 bits per heavy atom. The van der Waals surface area contributed by atoms with Gasteiger partial charge in [0.25, 0.3) is 0 Å². The van der Waals surface area contributed by atoms with Crippen LogP contribution in [0, 0.1) is 0 Å². The Morgan fingerprint density at radius 2 is 2.00 bits per heavy atom. The summed E-state index contributed by atoms with van der Waals surface area (Å²) in [5, 5.41) is 3.68. The van der Waals surface area contributed by atoms with E-state index in [0.29, 0.717) is 6.04 Å². The monoisotopic (exact) mass is 239 g/mol. The van der Waals surface area contributed by atoms with Gasteiger partial charge < -0.3 is 10.1 Å². The van der Waals surface area contributed by atoms with Crippen molar-refractivity contribution >= 4 is 0 Å². The smallest absolute Gasteiger partial charge is 0.0834 e. The fourth-order valence-corrected chi connectivity index (χ4v) is 2.96. The van der Waals surface area contributed by atoms with Crippen molar-refractivity contribution < 1.29 is 4.74 Å². The lowest BCUT2D eigenvalue weighted by atomic mass is 9.77. The predicted octanol–water partition coefficient (Wildman–Crippen LogP) is 3.67. The molecule has 0 aliphatic heterocycles. The first-order chi connectivity index (χ1) is 8.14. The molecule has 2 heteroatoms. The lowest BCUT2D eigenvalue weighted by molar-refractivity contribution is -0.0672. The molecular weight excluding hydrogens is 210 g/mol. The Hall–Kier alpha value is -0.340. The second-order valence-corrected chi connectivity index (χ2v) is 5.50. The van der Waals surface area contributed by atoms with E-state index in [1.807, 2.05) is 7.11 Å². The van der Waals surface area contributed by atoms with E-state index in [1.165, 1.54) is 44.1 Å². The Labute approximate surface area is 107 Å². The standard InChI is InChI=1S/C15H29NO/c1-5-11-16-14(12-13(2)3)15(17-4)9-7-6-8-10-15/h14,16H,2,5-12H2,1,3-4H3. The van der Waals surface area contributed by atoms with E-state index in [-0.39, 0.29) is 5.60 Å². The fraction of sp³-hybridized carbons (Fsp3) is 0.867. The summed E-state index contributed by atoms with van der Waals surface area (Å²) in [5.74, 6) is 0. The van der Waals surface area contributed by atoms with Crippen molar-refractivity contribution in [1.82, 2.24) is 5.32 Å². The number of nitrogens with one attached hydrogen (secondary N) is 1. The maximum atomic E-state index is 5.94. The molecule has 0 spiro atoms. The highest BCUT2D eigenvalue weighted by Crippen LogP contribution is 2.36. The van der Waals surface area contributed by atoms with Crippen LogP contribution in [-0.2, 0) is 4.74 Å². The zero-order valence-corrected chi connectivity index (χ0v) is 11.8. The Bertz CT molecular complexity index is 231. The highest BCUT2D eigenvalue weighted by atomic mass is 16.5. The fourth-order valence-electron chi connectivity index (χ4n) is 2.96. The van der Waals surface area contributed by atoms with Gasteiger partial charge in [-0.2, -0.15) is 0 Å². The normalized spacial score (nSPS) is 21.1. The van der Waals surface area contributed by atoms with E-state index in [9.17, 15) is 0 Å². The van der Waals surface area contributed by atoms with Gasteiger partial charge in [0.05, 0.1) is 5.60 Å². The van der Waals surface area contributed by atoms with Crippen molar-refractivity contribution in [2.24, 2.45) is 0 Å². The number of rotatable bonds is 7. The quantitative estimate of drug-likeness (QED) is 0.684. The summed E-state index contributed by atoms with van der Waals surface area (Å²) in [5.41, 5.74) is 1.30. The van der Waals surface area contributed by atoms with Crippen LogP contribution in [0.5, 0.6) is 0 Å². The molecule has 0 heterocycles. The first-order valence-corrected chi connectivity index (χ1v) is 7.07. The third kappa shape index (κ3) is 4.11. The van der Waals surface area contributed by atoms with Crippen LogP contribution in [0.2, 0.25) is 0 Å². The molecule has 1 saturated carbocycles. The average molecular weight is 239 g/mol. The summed E-state index contributed by atoms with van der Waals surface area (Å²) in [4.78, 5) is 0. The van der Waals surface area contributed by atoms with Gasteiger partial charge in [0.1, 0.15) is 0 Å². The van der Waals surface area contributed by atoms with Crippen LogP contribution in [0.3, 0.4) is 0 Å². The number of methoxy groups -OCH3 is 1. The number of hydrogen-bond donors (Lipinski definition) is 1. The number of ether oxygens (including phenoxy) is 1. The molecule has 1 unspecified atom stereocenters. The van der Waals surface area contributed by atoms with Gasteiger partial charge in [-0.3, -0.25) is 0 Å². The molecule has 0 radical (unpaired) electrons. The molecule has 1 aliphatic rings. The summed E-state index contributed by atoms with van der Waals surface area (Å²) >= 11 is 0. The molecule has 100 valence electrons. The van der Waals surface area contributed by atoms with Gasteiger partial charge in [0.15, 0.2) is 0 Å². The van der Waals surface area contributed by atoms with Gasteiger partial charge in [-0.05, 0) is 39.2 Å². The number of hydrogen-bond acceptors (Lipinski definition) is 2. The minimum atomic E-state index is 0.0480. The molecule has 0 aromatic rings. The molecule has 2 nitrogen and oxygen atoms in total. The van der Waals surface area contributed by atoms with Crippen molar-refractivity contribution in [1.29, 1.82) is 0 Å². The van der Waals surface area contributed by atoms with Gasteiger partial charge in [-0.15, -0.1) is 6.58 Å². The van der Waals surface area contributed by atoms with Crippen LogP contribution in [0.1, 0.15) is 58.8 Å². The third-order valence-corrected chi connectivity index (χ3v) is 3.93. The molecule has 1 aliphatic carbocycles. The summed E-state index contributed by atoms with van der Waals surface area (Å²) in [6.45, 7) is 9.47. The molecule has 0 saturated heterocycles. The van der Waals surface area contributed by atoms with Crippen LogP contribution in [0.15, 0.2) is 12.2 Å². The first kappa shape index (κ1) is 14.7. The zero-order chi connectivity index (χ0) is 12.7. The highest BCUT2D eigenvalue weighted by Gasteiger charge is 2.39. The van der Waals surface area contributed by atoms with Crippen LogP contribution < -0.4 is 5.32 Å². The van der Waals surface area contributed by atoms with Crippen molar-refractivity contribution in [3.63, 3.8) is 0 Å². The minimum Gasteiger partial charge on any atom is -0.377 e. The summed E-state index contributed by atoms with van der Waals surface area (Å²) < 4.78 is 5.94. The SMILES string of the molecule is C=C(C)CC(NCCC)C1(OC)CCCCC1. The predicted molar refractivity (Wildman–Crippen MR) is 74.3 cm³/mol. The van der Waals surface area contributed by atoms with Gasteiger partial charge >= 0.3 is 0 Å². The van der Waals surface area contributed by atoms with Crippen molar-refractivity contribution in [2.75, 3.05) is 13.7 Å². The molecule has 0 aromatic carbocycles. The second kappa shape index (κ2) is 7.17. The Morgan fingerprint density at radius 1 is 1.35 bits per heavy atom. The van der Waals surface area contributed by atoms with Gasteiger partial charge in [0, 0.05) is 13.2 Å². The molecule has 0 bridgehead atoms. The van der Waals surface area contributed by atoms with Crippen LogP contribution in [-0.4, -0.2) is 25.3 Å². The van der Waals surface area contributed by atoms with Crippen LogP contribution >= 0.6 is 0 Å². The van der Waals surface area contributed by atoms with Crippen LogP contribution in [0.4, 0.5) is 0 Å². The summed E-state index contributed by atoms with van der Waals surface area (Å²) in [6, 6.07) is 0.435. The van der Waals surface area contributed by atoms with Crippen molar-refractivity contribution in [2.45, 2.75) is 70.4 Å². The van der Waals surface area contributed by atoms with E-state index in [0.717, 1.165) is 13.0 Å². The van der Waals surface area contributed by atoms with E-state index in [1.54, 1.807) is 0 Å². The Balaban J connectivity index is 2.71. The van der Waals surface area contributed by atoms with E-state index >= 15 is 0 Å². The van der Waals surface area contributed by atoms with Crippen LogP contribution in [0.25, 0.3) is 0 Å².